The van der Waals surface area contributed by atoms with Crippen LogP contribution in [0.3, 0.4) is 0 Å². The van der Waals surface area contributed by atoms with Crippen LogP contribution in [0.1, 0.15) is 17.3 Å². The normalized spacial score (nSPS) is 11.6. The molecule has 0 aliphatic rings. The third-order valence-corrected chi connectivity index (χ3v) is 6.00. The molecule has 5 aromatic rings. The van der Waals surface area contributed by atoms with Crippen molar-refractivity contribution < 1.29 is 23.4 Å². The highest BCUT2D eigenvalue weighted by molar-refractivity contribution is 7.13. The summed E-state index contributed by atoms with van der Waals surface area (Å²) in [5.41, 5.74) is 1.97. The number of nitrogens with one attached hydrogen (secondary N) is 1. The Morgan fingerprint density at radius 1 is 0.947 bits per heavy atom. The molecule has 0 aliphatic heterocycles. The van der Waals surface area contributed by atoms with Crippen molar-refractivity contribution in [1.29, 1.82) is 0 Å². The van der Waals surface area contributed by atoms with E-state index in [1.165, 1.54) is 11.3 Å². The quantitative estimate of drug-likeness (QED) is 0.224. The zero-order chi connectivity index (χ0) is 26.3. The smallest absolute Gasteiger partial charge is 0.257 e. The molecule has 2 heterocycles. The summed E-state index contributed by atoms with van der Waals surface area (Å²) < 4.78 is 23.0. The highest BCUT2D eigenvalue weighted by Crippen LogP contribution is 2.31. The van der Waals surface area contributed by atoms with E-state index in [9.17, 15) is 4.79 Å². The molecule has 10 heteroatoms. The number of hydrogen-bond acceptors (Lipinski definition) is 9. The van der Waals surface area contributed by atoms with Gasteiger partial charge in [-0.3, -0.25) is 10.1 Å². The standard InChI is InChI=1S/C28H24N4O5S/c1-18(17-34-2)35-23-14-21(25(33)30-28-29-12-13-38-28)15-24(16-23)36-22-10-8-20(9-11-22)27-32-31-26(37-27)19-6-4-3-5-7-19/h3-16,18H,17H2,1-2H3,(H,29,30,33). The van der Waals surface area contributed by atoms with Crippen molar-refractivity contribution >= 4 is 22.4 Å². The second-order valence-electron chi connectivity index (χ2n) is 8.27. The zero-order valence-corrected chi connectivity index (χ0v) is 21.5. The molecule has 0 fully saturated rings. The highest BCUT2D eigenvalue weighted by atomic mass is 32.1. The van der Waals surface area contributed by atoms with Crippen LogP contribution in [0.5, 0.6) is 17.2 Å². The van der Waals surface area contributed by atoms with Crippen LogP contribution in [0.25, 0.3) is 22.9 Å². The lowest BCUT2D eigenvalue weighted by atomic mass is 10.1. The number of rotatable bonds is 10. The lowest BCUT2D eigenvalue weighted by molar-refractivity contribution is 0.0916. The van der Waals surface area contributed by atoms with Gasteiger partial charge in [-0.25, -0.2) is 4.98 Å². The maximum Gasteiger partial charge on any atom is 0.257 e. The SMILES string of the molecule is COCC(C)Oc1cc(Oc2ccc(-c3nnc(-c4ccccc4)o3)cc2)cc(C(=O)Nc2nccs2)c1. The highest BCUT2D eigenvalue weighted by Gasteiger charge is 2.15. The molecule has 0 radical (unpaired) electrons. The van der Waals surface area contributed by atoms with Crippen molar-refractivity contribution in [2.75, 3.05) is 19.0 Å². The fourth-order valence-corrected chi connectivity index (χ4v) is 4.15. The monoisotopic (exact) mass is 528 g/mol. The molecule has 38 heavy (non-hydrogen) atoms. The van der Waals surface area contributed by atoms with Crippen LogP contribution in [0.4, 0.5) is 5.13 Å². The Bertz CT molecular complexity index is 1490. The molecular weight excluding hydrogens is 504 g/mol. The molecular formula is C28H24N4O5S. The molecule has 0 saturated carbocycles. The van der Waals surface area contributed by atoms with Crippen LogP contribution in [0.15, 0.2) is 88.8 Å². The first-order valence-corrected chi connectivity index (χ1v) is 12.6. The number of thiazole rings is 1. The Hall–Kier alpha value is -4.54. The first kappa shape index (κ1) is 25.1. The van der Waals surface area contributed by atoms with Gasteiger partial charge in [0, 0.05) is 41.4 Å². The van der Waals surface area contributed by atoms with Crippen LogP contribution in [0.2, 0.25) is 0 Å². The second kappa shape index (κ2) is 11.7. The Balaban J connectivity index is 1.35. The van der Waals surface area contributed by atoms with E-state index in [2.05, 4.69) is 20.5 Å². The number of ether oxygens (including phenoxy) is 3. The van der Waals surface area contributed by atoms with E-state index in [0.29, 0.717) is 46.3 Å². The maximum absolute atomic E-state index is 12.9. The van der Waals surface area contributed by atoms with Gasteiger partial charge in [-0.1, -0.05) is 18.2 Å². The molecule has 192 valence electrons. The van der Waals surface area contributed by atoms with Crippen LogP contribution in [0, 0.1) is 0 Å². The summed E-state index contributed by atoms with van der Waals surface area (Å²) in [5, 5.41) is 13.4. The summed E-state index contributed by atoms with van der Waals surface area (Å²) in [5.74, 6) is 2.00. The second-order valence-corrected chi connectivity index (χ2v) is 9.17. The first-order valence-electron chi connectivity index (χ1n) is 11.8. The van der Waals surface area contributed by atoms with Crippen molar-refractivity contribution in [2.45, 2.75) is 13.0 Å². The number of carbonyl (C=O) groups is 1. The average molecular weight is 529 g/mol. The fraction of sp³-hybridized carbons (Fsp3) is 0.143. The zero-order valence-electron chi connectivity index (χ0n) is 20.7. The van der Waals surface area contributed by atoms with Gasteiger partial charge < -0.3 is 18.6 Å². The lowest BCUT2D eigenvalue weighted by Crippen LogP contribution is -2.18. The molecule has 0 saturated heterocycles. The van der Waals surface area contributed by atoms with E-state index in [1.54, 1.807) is 49.0 Å². The van der Waals surface area contributed by atoms with Crippen molar-refractivity contribution in [3.63, 3.8) is 0 Å². The predicted octanol–water partition coefficient (Wildman–Crippen LogP) is 6.32. The summed E-state index contributed by atoms with van der Waals surface area (Å²) in [6.07, 6.45) is 1.40. The summed E-state index contributed by atoms with van der Waals surface area (Å²) >= 11 is 1.33. The predicted molar refractivity (Wildman–Crippen MR) is 144 cm³/mol. The largest absolute Gasteiger partial charge is 0.488 e. The first-order chi connectivity index (χ1) is 18.6. The maximum atomic E-state index is 12.9. The minimum Gasteiger partial charge on any atom is -0.488 e. The third kappa shape index (κ3) is 6.23. The fourth-order valence-electron chi connectivity index (χ4n) is 3.62. The summed E-state index contributed by atoms with van der Waals surface area (Å²) in [7, 11) is 1.60. The summed E-state index contributed by atoms with van der Waals surface area (Å²) in [4.78, 5) is 17.0. The summed E-state index contributed by atoms with van der Waals surface area (Å²) in [6.45, 7) is 2.28. The number of methoxy groups -OCH3 is 1. The molecule has 0 aliphatic carbocycles. The number of hydrogen-bond donors (Lipinski definition) is 1. The van der Waals surface area contributed by atoms with Crippen molar-refractivity contribution in [3.05, 3.63) is 89.9 Å². The van der Waals surface area contributed by atoms with Gasteiger partial charge in [-0.05, 0) is 55.5 Å². The number of anilines is 1. The topological polar surface area (TPSA) is 109 Å². The van der Waals surface area contributed by atoms with E-state index < -0.39 is 0 Å². The van der Waals surface area contributed by atoms with Gasteiger partial charge in [0.15, 0.2) is 5.13 Å². The molecule has 0 bridgehead atoms. The minimum atomic E-state index is -0.324. The van der Waals surface area contributed by atoms with Gasteiger partial charge in [0.05, 0.1) is 6.61 Å². The van der Waals surface area contributed by atoms with Crippen molar-refractivity contribution in [3.8, 4) is 40.2 Å². The molecule has 1 amide bonds. The Kier molecular flexibility index (Phi) is 7.72. The Morgan fingerprint density at radius 3 is 2.34 bits per heavy atom. The molecule has 3 aromatic carbocycles. The van der Waals surface area contributed by atoms with E-state index in [0.717, 1.165) is 11.1 Å². The van der Waals surface area contributed by atoms with Crippen LogP contribution in [-0.4, -0.2) is 40.9 Å². The van der Waals surface area contributed by atoms with Crippen LogP contribution in [-0.2, 0) is 4.74 Å². The van der Waals surface area contributed by atoms with Gasteiger partial charge in [0.2, 0.25) is 11.8 Å². The number of nitrogens with zero attached hydrogens (tertiary/aromatic N) is 3. The van der Waals surface area contributed by atoms with Gasteiger partial charge in [0.25, 0.3) is 5.91 Å². The van der Waals surface area contributed by atoms with Crippen LogP contribution >= 0.6 is 11.3 Å². The van der Waals surface area contributed by atoms with Crippen molar-refractivity contribution in [2.24, 2.45) is 0 Å². The van der Waals surface area contributed by atoms with Gasteiger partial charge in [-0.15, -0.1) is 21.5 Å². The van der Waals surface area contributed by atoms with Crippen molar-refractivity contribution in [1.82, 2.24) is 15.2 Å². The minimum absolute atomic E-state index is 0.223. The van der Waals surface area contributed by atoms with Gasteiger partial charge in [-0.2, -0.15) is 0 Å². The molecule has 9 nitrogen and oxygen atoms in total. The van der Waals surface area contributed by atoms with E-state index in [1.807, 2.05) is 49.4 Å². The summed E-state index contributed by atoms with van der Waals surface area (Å²) in [6, 6.07) is 21.8. The Labute approximate surface area is 223 Å². The molecule has 1 N–H and O–H groups in total. The number of benzene rings is 3. The molecule has 2 aromatic heterocycles. The molecule has 5 rings (SSSR count). The number of amides is 1. The van der Waals surface area contributed by atoms with Crippen LogP contribution < -0.4 is 14.8 Å². The molecule has 1 atom stereocenters. The van der Waals surface area contributed by atoms with Gasteiger partial charge >= 0.3 is 0 Å². The lowest BCUT2D eigenvalue weighted by Gasteiger charge is -2.16. The van der Waals surface area contributed by atoms with E-state index in [4.69, 9.17) is 18.6 Å². The Morgan fingerprint density at radius 2 is 1.66 bits per heavy atom. The number of carbonyl (C=O) groups excluding carboxylic acids is 1. The average Bonchev–Trinajstić information content (AvgIpc) is 3.62. The van der Waals surface area contributed by atoms with E-state index in [-0.39, 0.29) is 12.0 Å². The molecule has 0 spiro atoms. The number of aromatic nitrogens is 3. The third-order valence-electron chi connectivity index (χ3n) is 5.32. The van der Waals surface area contributed by atoms with Gasteiger partial charge in [0.1, 0.15) is 23.4 Å². The van der Waals surface area contributed by atoms with E-state index >= 15 is 0 Å². The molecule has 1 unspecified atom stereocenters.